The van der Waals surface area contributed by atoms with Crippen LogP contribution in [0.1, 0.15) is 24.3 Å². The molecule has 1 atom stereocenters. The van der Waals surface area contributed by atoms with Gasteiger partial charge in [0, 0.05) is 43.6 Å². The molecule has 1 aliphatic heterocycles. The molecule has 25 heavy (non-hydrogen) atoms. The summed E-state index contributed by atoms with van der Waals surface area (Å²) in [6.07, 6.45) is 0. The van der Waals surface area contributed by atoms with Gasteiger partial charge in [0.25, 0.3) is 5.91 Å². The molecular weight excluding hydrogens is 323 g/mol. The van der Waals surface area contributed by atoms with Crippen molar-refractivity contribution in [3.8, 4) is 0 Å². The molecule has 0 saturated carbocycles. The van der Waals surface area contributed by atoms with Gasteiger partial charge in [0.15, 0.2) is 0 Å². The number of amides is 2. The number of aromatic nitrogens is 1. The SMILES string of the molecule is CNC(=O)[C@@H]1CN(C(C)C)CCN1C(=O)c1cc2cc(F)ccc2[nH]1. The van der Waals surface area contributed by atoms with Gasteiger partial charge in [0.1, 0.15) is 17.6 Å². The number of hydrogen-bond acceptors (Lipinski definition) is 3. The standard InChI is InChI=1S/C18H23FN4O2/c1-11(2)22-6-7-23(16(10-22)17(24)20-3)18(25)15-9-12-8-13(19)4-5-14(12)21-15/h4-5,8-9,11,16,21H,6-7,10H2,1-3H3,(H,20,24)/t16-/m0/s1. The van der Waals surface area contributed by atoms with Crippen LogP contribution >= 0.6 is 0 Å². The van der Waals surface area contributed by atoms with E-state index in [1.807, 2.05) is 0 Å². The van der Waals surface area contributed by atoms with Crippen LogP contribution < -0.4 is 5.32 Å². The molecule has 1 fully saturated rings. The second kappa shape index (κ2) is 6.84. The van der Waals surface area contributed by atoms with Gasteiger partial charge in [-0.1, -0.05) is 0 Å². The number of halogens is 1. The molecule has 2 heterocycles. The number of nitrogens with zero attached hydrogens (tertiary/aromatic N) is 2. The summed E-state index contributed by atoms with van der Waals surface area (Å²) in [5.41, 5.74) is 1.06. The predicted molar refractivity (Wildman–Crippen MR) is 93.9 cm³/mol. The lowest BCUT2D eigenvalue weighted by atomic mass is 10.1. The van der Waals surface area contributed by atoms with E-state index in [1.165, 1.54) is 12.1 Å². The number of likely N-dealkylation sites (N-methyl/N-ethyl adjacent to an activating group) is 1. The summed E-state index contributed by atoms with van der Waals surface area (Å²) >= 11 is 0. The zero-order chi connectivity index (χ0) is 18.1. The molecule has 0 unspecified atom stereocenters. The predicted octanol–water partition coefficient (Wildman–Crippen LogP) is 1.59. The minimum absolute atomic E-state index is 0.180. The fourth-order valence-corrected chi connectivity index (χ4v) is 3.28. The molecule has 1 aromatic heterocycles. The zero-order valence-corrected chi connectivity index (χ0v) is 14.7. The summed E-state index contributed by atoms with van der Waals surface area (Å²) in [6, 6.07) is 5.74. The summed E-state index contributed by atoms with van der Waals surface area (Å²) in [5, 5.41) is 3.28. The number of piperazine rings is 1. The molecule has 2 N–H and O–H groups in total. The molecule has 6 nitrogen and oxygen atoms in total. The average Bonchev–Trinajstić information content (AvgIpc) is 3.02. The van der Waals surface area contributed by atoms with Gasteiger partial charge in [0.2, 0.25) is 5.91 Å². The maximum atomic E-state index is 13.4. The highest BCUT2D eigenvalue weighted by Gasteiger charge is 2.36. The van der Waals surface area contributed by atoms with E-state index < -0.39 is 6.04 Å². The van der Waals surface area contributed by atoms with Crippen molar-refractivity contribution in [3.63, 3.8) is 0 Å². The Morgan fingerprint density at radius 2 is 2.04 bits per heavy atom. The highest BCUT2D eigenvalue weighted by atomic mass is 19.1. The van der Waals surface area contributed by atoms with E-state index in [2.05, 4.69) is 29.0 Å². The topological polar surface area (TPSA) is 68.4 Å². The molecular formula is C18H23FN4O2. The molecule has 2 aromatic rings. The first kappa shape index (κ1) is 17.4. The van der Waals surface area contributed by atoms with Crippen molar-refractivity contribution >= 4 is 22.7 Å². The number of rotatable bonds is 3. The van der Waals surface area contributed by atoms with Crippen LogP contribution in [-0.4, -0.2) is 65.4 Å². The minimum Gasteiger partial charge on any atom is -0.357 e. The lowest BCUT2D eigenvalue weighted by molar-refractivity contribution is -0.127. The number of nitrogens with one attached hydrogen (secondary N) is 2. The quantitative estimate of drug-likeness (QED) is 0.887. The second-order valence-electron chi connectivity index (χ2n) is 6.63. The normalized spacial score (nSPS) is 18.8. The summed E-state index contributed by atoms with van der Waals surface area (Å²) in [4.78, 5) is 32.1. The molecule has 0 bridgehead atoms. The van der Waals surface area contributed by atoms with Crippen molar-refractivity contribution in [2.45, 2.75) is 25.9 Å². The third-order valence-electron chi connectivity index (χ3n) is 4.77. The highest BCUT2D eigenvalue weighted by Crippen LogP contribution is 2.20. The number of fused-ring (bicyclic) bond motifs is 1. The molecule has 134 valence electrons. The van der Waals surface area contributed by atoms with Gasteiger partial charge >= 0.3 is 0 Å². The smallest absolute Gasteiger partial charge is 0.271 e. The first-order valence-corrected chi connectivity index (χ1v) is 8.45. The van der Waals surface area contributed by atoms with Crippen molar-refractivity contribution in [2.24, 2.45) is 0 Å². The van der Waals surface area contributed by atoms with Crippen molar-refractivity contribution in [3.05, 3.63) is 35.8 Å². The lowest BCUT2D eigenvalue weighted by Crippen LogP contribution is -2.61. The Kier molecular flexibility index (Phi) is 4.76. The zero-order valence-electron chi connectivity index (χ0n) is 14.7. The molecule has 0 radical (unpaired) electrons. The van der Waals surface area contributed by atoms with Crippen LogP contribution in [0.15, 0.2) is 24.3 Å². The van der Waals surface area contributed by atoms with Crippen molar-refractivity contribution in [2.75, 3.05) is 26.7 Å². The Morgan fingerprint density at radius 3 is 2.72 bits per heavy atom. The van der Waals surface area contributed by atoms with Gasteiger partial charge in [0.05, 0.1) is 0 Å². The number of benzene rings is 1. The van der Waals surface area contributed by atoms with Crippen LogP contribution in [0.3, 0.4) is 0 Å². The highest BCUT2D eigenvalue weighted by molar-refractivity contribution is 6.00. The fourth-order valence-electron chi connectivity index (χ4n) is 3.28. The molecule has 1 aliphatic rings. The number of aromatic amines is 1. The number of hydrogen-bond donors (Lipinski definition) is 2. The Hall–Kier alpha value is -2.41. The van der Waals surface area contributed by atoms with Gasteiger partial charge in [-0.3, -0.25) is 14.5 Å². The third-order valence-corrected chi connectivity index (χ3v) is 4.77. The van der Waals surface area contributed by atoms with E-state index in [0.717, 1.165) is 0 Å². The van der Waals surface area contributed by atoms with Crippen LogP contribution in [0.4, 0.5) is 4.39 Å². The van der Waals surface area contributed by atoms with Gasteiger partial charge in [-0.2, -0.15) is 0 Å². The molecule has 1 saturated heterocycles. The van der Waals surface area contributed by atoms with Gasteiger partial charge < -0.3 is 15.2 Å². The summed E-state index contributed by atoms with van der Waals surface area (Å²) < 4.78 is 13.4. The fraction of sp³-hybridized carbons (Fsp3) is 0.444. The van der Waals surface area contributed by atoms with E-state index in [9.17, 15) is 14.0 Å². The summed E-state index contributed by atoms with van der Waals surface area (Å²) in [6.45, 7) is 5.83. The summed E-state index contributed by atoms with van der Waals surface area (Å²) in [5.74, 6) is -0.770. The molecule has 1 aromatic carbocycles. The van der Waals surface area contributed by atoms with E-state index in [1.54, 1.807) is 24.1 Å². The maximum absolute atomic E-state index is 13.4. The van der Waals surface area contributed by atoms with Crippen molar-refractivity contribution in [1.29, 1.82) is 0 Å². The van der Waals surface area contributed by atoms with E-state index in [4.69, 9.17) is 0 Å². The lowest BCUT2D eigenvalue weighted by Gasteiger charge is -2.41. The van der Waals surface area contributed by atoms with Crippen LogP contribution in [0, 0.1) is 5.82 Å². The number of carbonyl (C=O) groups is 2. The van der Waals surface area contributed by atoms with E-state index in [-0.39, 0.29) is 17.6 Å². The van der Waals surface area contributed by atoms with Gasteiger partial charge in [-0.15, -0.1) is 0 Å². The van der Waals surface area contributed by atoms with E-state index >= 15 is 0 Å². The van der Waals surface area contributed by atoms with Crippen LogP contribution in [0.2, 0.25) is 0 Å². The first-order chi connectivity index (χ1) is 11.9. The average molecular weight is 346 g/mol. The molecule has 0 aliphatic carbocycles. The maximum Gasteiger partial charge on any atom is 0.271 e. The number of carbonyl (C=O) groups excluding carboxylic acids is 2. The van der Waals surface area contributed by atoms with Crippen LogP contribution in [0.25, 0.3) is 10.9 Å². The molecule has 0 spiro atoms. The van der Waals surface area contributed by atoms with Crippen molar-refractivity contribution in [1.82, 2.24) is 20.1 Å². The third kappa shape index (κ3) is 3.37. The monoisotopic (exact) mass is 346 g/mol. The minimum atomic E-state index is -0.545. The molecule has 2 amide bonds. The summed E-state index contributed by atoms with van der Waals surface area (Å²) in [7, 11) is 1.57. The van der Waals surface area contributed by atoms with E-state index in [0.29, 0.717) is 42.3 Å². The Balaban J connectivity index is 1.88. The largest absolute Gasteiger partial charge is 0.357 e. The molecule has 7 heteroatoms. The first-order valence-electron chi connectivity index (χ1n) is 8.45. The van der Waals surface area contributed by atoms with Crippen LogP contribution in [0.5, 0.6) is 0 Å². The Morgan fingerprint density at radius 1 is 1.28 bits per heavy atom. The molecule has 3 rings (SSSR count). The van der Waals surface area contributed by atoms with Crippen LogP contribution in [-0.2, 0) is 4.79 Å². The van der Waals surface area contributed by atoms with Gasteiger partial charge in [-0.25, -0.2) is 4.39 Å². The van der Waals surface area contributed by atoms with Gasteiger partial charge in [-0.05, 0) is 38.1 Å². The second-order valence-corrected chi connectivity index (χ2v) is 6.63. The number of H-pyrrole nitrogens is 1. The van der Waals surface area contributed by atoms with Crippen molar-refractivity contribution < 1.29 is 14.0 Å². The Bertz CT molecular complexity index is 801. The Labute approximate surface area is 146 Å².